The molecule has 2 aromatic heterocycles. The summed E-state index contributed by atoms with van der Waals surface area (Å²) in [5.41, 5.74) is 3.11. The van der Waals surface area contributed by atoms with Gasteiger partial charge in [-0.3, -0.25) is 0 Å². The molecular weight excluding hydrogens is 390 g/mol. The maximum absolute atomic E-state index is 12.8. The maximum Gasteiger partial charge on any atom is 0.262 e. The molecule has 9 heteroatoms. The molecule has 0 unspecified atom stereocenters. The number of hydrogen-bond donors (Lipinski definition) is 0. The van der Waals surface area contributed by atoms with Gasteiger partial charge in [0.15, 0.2) is 10.9 Å². The van der Waals surface area contributed by atoms with Gasteiger partial charge in [0.1, 0.15) is 0 Å². The van der Waals surface area contributed by atoms with Crippen molar-refractivity contribution in [2.45, 2.75) is 45.2 Å². The minimum absolute atomic E-state index is 0.0603. The lowest BCUT2D eigenvalue weighted by Gasteiger charge is -2.28. The molecule has 0 atom stereocenters. The number of hydrogen-bond acceptors (Lipinski definition) is 6. The summed E-state index contributed by atoms with van der Waals surface area (Å²) in [7, 11) is -3.57. The van der Waals surface area contributed by atoms with E-state index in [0.717, 1.165) is 29.5 Å². The molecule has 3 heterocycles. The van der Waals surface area contributed by atoms with Crippen LogP contribution in [0.5, 0.6) is 0 Å². The van der Waals surface area contributed by atoms with Gasteiger partial charge in [0.25, 0.3) is 15.9 Å². The van der Waals surface area contributed by atoms with Crippen molar-refractivity contribution in [1.29, 1.82) is 0 Å². The number of nitrogens with zero attached hydrogens (tertiary/aromatic N) is 5. The van der Waals surface area contributed by atoms with Gasteiger partial charge in [0.2, 0.25) is 0 Å². The van der Waals surface area contributed by atoms with Crippen LogP contribution >= 0.6 is 0 Å². The molecule has 0 N–H and O–H groups in total. The van der Waals surface area contributed by atoms with Gasteiger partial charge in [-0.1, -0.05) is 29.3 Å². The van der Waals surface area contributed by atoms with E-state index in [9.17, 15) is 8.42 Å². The van der Waals surface area contributed by atoms with Crippen LogP contribution in [0.3, 0.4) is 0 Å². The zero-order chi connectivity index (χ0) is 20.6. The molecule has 4 rings (SSSR count). The van der Waals surface area contributed by atoms with Crippen LogP contribution in [0.1, 0.15) is 36.7 Å². The maximum atomic E-state index is 12.8. The molecule has 0 spiro atoms. The molecular formula is C20H25N5O3S. The lowest BCUT2D eigenvalue weighted by atomic mass is 10.0. The van der Waals surface area contributed by atoms with E-state index in [1.807, 2.05) is 26.0 Å². The van der Waals surface area contributed by atoms with Gasteiger partial charge < -0.3 is 9.09 Å². The highest BCUT2D eigenvalue weighted by Crippen LogP contribution is 2.23. The first-order valence-corrected chi connectivity index (χ1v) is 11.2. The van der Waals surface area contributed by atoms with Crippen LogP contribution in [0.2, 0.25) is 0 Å². The Bertz CT molecular complexity index is 1090. The Labute approximate surface area is 170 Å². The Morgan fingerprint density at radius 3 is 2.52 bits per heavy atom. The minimum atomic E-state index is -3.57. The highest BCUT2D eigenvalue weighted by atomic mass is 32.2. The van der Waals surface area contributed by atoms with E-state index in [1.165, 1.54) is 16.8 Å². The van der Waals surface area contributed by atoms with Gasteiger partial charge in [-0.15, -0.1) is 0 Å². The van der Waals surface area contributed by atoms with Crippen molar-refractivity contribution in [1.82, 2.24) is 24.0 Å². The fourth-order valence-electron chi connectivity index (χ4n) is 3.61. The van der Waals surface area contributed by atoms with Crippen LogP contribution in [0.4, 0.5) is 0 Å². The summed E-state index contributed by atoms with van der Waals surface area (Å²) in [4.78, 5) is 8.55. The second-order valence-corrected chi connectivity index (χ2v) is 9.75. The minimum Gasteiger partial charge on any atom is -0.334 e. The van der Waals surface area contributed by atoms with Gasteiger partial charge >= 0.3 is 0 Å². The summed E-state index contributed by atoms with van der Waals surface area (Å²) in [6, 6.07) is 6.06. The lowest BCUT2D eigenvalue weighted by Crippen LogP contribution is -2.38. The normalized spacial score (nSPS) is 16.4. The fraction of sp³-hybridized carbons (Fsp3) is 0.450. The summed E-state index contributed by atoms with van der Waals surface area (Å²) >= 11 is 0. The molecule has 0 amide bonds. The monoisotopic (exact) mass is 415 g/mol. The average molecular weight is 416 g/mol. The van der Waals surface area contributed by atoms with Crippen molar-refractivity contribution >= 4 is 10.0 Å². The highest BCUT2D eigenvalue weighted by Gasteiger charge is 2.29. The fourth-order valence-corrected chi connectivity index (χ4v) is 5.02. The van der Waals surface area contributed by atoms with Crippen LogP contribution in [0.15, 0.2) is 40.3 Å². The van der Waals surface area contributed by atoms with Gasteiger partial charge in [-0.25, -0.2) is 13.4 Å². The van der Waals surface area contributed by atoms with Gasteiger partial charge in [-0.05, 0) is 44.7 Å². The smallest absolute Gasteiger partial charge is 0.262 e. The molecule has 8 nitrogen and oxygen atoms in total. The summed E-state index contributed by atoms with van der Waals surface area (Å²) in [6.07, 6.45) is 4.78. The van der Waals surface area contributed by atoms with E-state index in [4.69, 9.17) is 4.52 Å². The van der Waals surface area contributed by atoms with E-state index in [-0.39, 0.29) is 11.6 Å². The molecule has 29 heavy (non-hydrogen) atoms. The van der Waals surface area contributed by atoms with Crippen LogP contribution in [0.25, 0.3) is 11.5 Å². The standard InChI is InChI=1S/C20H25N5O3S/c1-14-4-6-25(7-5-14)29(26,27)19-12-24(13-21-19)11-18-22-20(28-23-18)17-9-15(2)8-16(3)10-17/h8-10,12-14H,4-7,11H2,1-3H3. The summed E-state index contributed by atoms with van der Waals surface area (Å²) in [5.74, 6) is 1.47. The predicted molar refractivity (Wildman–Crippen MR) is 108 cm³/mol. The molecule has 3 aromatic rings. The van der Waals surface area contributed by atoms with Crippen molar-refractivity contribution in [2.75, 3.05) is 13.1 Å². The molecule has 0 radical (unpaired) electrons. The topological polar surface area (TPSA) is 94.1 Å². The number of aryl methyl sites for hydroxylation is 2. The number of sulfonamides is 1. The molecule has 154 valence electrons. The van der Waals surface area contributed by atoms with E-state index < -0.39 is 10.0 Å². The lowest BCUT2D eigenvalue weighted by molar-refractivity contribution is 0.287. The zero-order valence-corrected chi connectivity index (χ0v) is 17.7. The molecule has 0 aliphatic carbocycles. The van der Waals surface area contributed by atoms with E-state index >= 15 is 0 Å². The summed E-state index contributed by atoms with van der Waals surface area (Å²) < 4.78 is 34.2. The SMILES string of the molecule is Cc1cc(C)cc(-c2nc(Cn3cnc(S(=O)(=O)N4CCC(C)CC4)c3)no2)c1. The second-order valence-electron chi connectivity index (χ2n) is 7.86. The van der Waals surface area contributed by atoms with Crippen LogP contribution < -0.4 is 0 Å². The Morgan fingerprint density at radius 1 is 1.14 bits per heavy atom. The average Bonchev–Trinajstić information content (AvgIpc) is 3.32. The molecule has 1 saturated heterocycles. The van der Waals surface area contributed by atoms with Crippen LogP contribution in [-0.4, -0.2) is 45.5 Å². The first-order valence-electron chi connectivity index (χ1n) is 9.74. The van der Waals surface area contributed by atoms with Gasteiger partial charge in [-0.2, -0.15) is 9.29 Å². The number of piperidine rings is 1. The molecule has 0 saturated carbocycles. The Morgan fingerprint density at radius 2 is 1.83 bits per heavy atom. The Balaban J connectivity index is 1.49. The molecule has 1 aromatic carbocycles. The van der Waals surface area contributed by atoms with Crippen LogP contribution in [0, 0.1) is 19.8 Å². The highest BCUT2D eigenvalue weighted by molar-refractivity contribution is 7.89. The number of benzene rings is 1. The number of rotatable bonds is 5. The molecule has 1 aliphatic heterocycles. The third-order valence-electron chi connectivity index (χ3n) is 5.22. The van der Waals surface area contributed by atoms with Crippen molar-refractivity contribution in [3.63, 3.8) is 0 Å². The number of aromatic nitrogens is 4. The van der Waals surface area contributed by atoms with E-state index in [2.05, 4.69) is 28.1 Å². The van der Waals surface area contributed by atoms with Crippen molar-refractivity contribution in [2.24, 2.45) is 5.92 Å². The van der Waals surface area contributed by atoms with Crippen LogP contribution in [-0.2, 0) is 16.6 Å². The Kier molecular flexibility index (Phi) is 5.26. The molecule has 1 fully saturated rings. The summed E-state index contributed by atoms with van der Waals surface area (Å²) in [6.45, 7) is 7.55. The molecule has 0 bridgehead atoms. The van der Waals surface area contributed by atoms with Gasteiger partial charge in [0.05, 0.1) is 12.9 Å². The largest absolute Gasteiger partial charge is 0.334 e. The quantitative estimate of drug-likeness (QED) is 0.636. The zero-order valence-electron chi connectivity index (χ0n) is 16.9. The van der Waals surface area contributed by atoms with E-state index in [0.29, 0.717) is 30.7 Å². The first-order chi connectivity index (χ1) is 13.8. The first kappa shape index (κ1) is 19.8. The number of imidazole rings is 1. The van der Waals surface area contributed by atoms with E-state index in [1.54, 1.807) is 4.57 Å². The third kappa shape index (κ3) is 4.25. The Hall–Kier alpha value is -2.52. The van der Waals surface area contributed by atoms with Crippen molar-refractivity contribution in [3.8, 4) is 11.5 Å². The summed E-state index contributed by atoms with van der Waals surface area (Å²) in [5, 5.41) is 4.08. The second kappa shape index (κ2) is 7.72. The molecule has 1 aliphatic rings. The van der Waals surface area contributed by atoms with Gasteiger partial charge in [0, 0.05) is 24.8 Å². The van der Waals surface area contributed by atoms with Crippen molar-refractivity contribution < 1.29 is 12.9 Å². The predicted octanol–water partition coefficient (Wildman–Crippen LogP) is 3.02. The van der Waals surface area contributed by atoms with Crippen molar-refractivity contribution in [3.05, 3.63) is 47.7 Å². The third-order valence-corrected chi connectivity index (χ3v) is 7.00.